The van der Waals surface area contributed by atoms with Gasteiger partial charge in [-0.3, -0.25) is 0 Å². The normalized spacial score (nSPS) is 12.6. The van der Waals surface area contributed by atoms with Gasteiger partial charge in [0.2, 0.25) is 0 Å². The highest BCUT2D eigenvalue weighted by molar-refractivity contribution is 5.89. The van der Waals surface area contributed by atoms with Crippen molar-refractivity contribution in [3.05, 3.63) is 89.2 Å². The number of aryl methyl sites for hydroxylation is 1. The Labute approximate surface area is 193 Å². The molecule has 2 amide bonds. The number of aromatic nitrogens is 1. The van der Waals surface area contributed by atoms with Crippen molar-refractivity contribution in [2.75, 3.05) is 5.32 Å². The first-order valence-electron chi connectivity index (χ1n) is 11.0. The maximum atomic E-state index is 13.2. The van der Waals surface area contributed by atoms with E-state index in [2.05, 4.69) is 22.0 Å². The first-order chi connectivity index (χ1) is 15.5. The molecule has 3 aromatic rings. The lowest BCUT2D eigenvalue weighted by molar-refractivity contribution is -0.137. The van der Waals surface area contributed by atoms with E-state index in [9.17, 15) is 18.0 Å². The predicted octanol–water partition coefficient (Wildman–Crippen LogP) is 6.94. The Morgan fingerprint density at radius 1 is 1.03 bits per heavy atom. The number of carbonyl (C=O) groups is 1. The summed E-state index contributed by atoms with van der Waals surface area (Å²) in [6.45, 7) is 9.03. The zero-order chi connectivity index (χ0) is 24.2. The van der Waals surface area contributed by atoms with E-state index in [4.69, 9.17) is 0 Å². The van der Waals surface area contributed by atoms with Crippen LogP contribution in [0.4, 0.5) is 23.7 Å². The third-order valence-corrected chi connectivity index (χ3v) is 5.85. The number of hydrogen-bond acceptors (Lipinski definition) is 1. The van der Waals surface area contributed by atoms with Gasteiger partial charge in [-0.05, 0) is 55.7 Å². The average molecular weight is 458 g/mol. The van der Waals surface area contributed by atoms with Gasteiger partial charge >= 0.3 is 12.2 Å². The number of urea groups is 1. The maximum Gasteiger partial charge on any atom is 0.416 e. The van der Waals surface area contributed by atoms with E-state index >= 15 is 0 Å². The zero-order valence-corrected chi connectivity index (χ0v) is 19.4. The number of rotatable bonds is 7. The fourth-order valence-electron chi connectivity index (χ4n) is 3.66. The standard InChI is InChI=1S/C26H30F3N3O/c1-18(2)20(4)32(25(33)30-23-11-6-10-22(15-23)26(27,28)29)17-24-12-7-13-31(24)16-21-9-5-8-19(3)14-21/h5-15,18,20H,16-17H2,1-4H3,(H,30,33). The van der Waals surface area contributed by atoms with Crippen molar-refractivity contribution in [3.63, 3.8) is 0 Å². The number of nitrogens with zero attached hydrogens (tertiary/aromatic N) is 2. The molecule has 33 heavy (non-hydrogen) atoms. The van der Waals surface area contributed by atoms with Gasteiger partial charge in [-0.25, -0.2) is 4.79 Å². The maximum absolute atomic E-state index is 13.2. The Kier molecular flexibility index (Phi) is 7.51. The molecule has 1 atom stereocenters. The summed E-state index contributed by atoms with van der Waals surface area (Å²) in [5.41, 5.74) is 2.60. The van der Waals surface area contributed by atoms with Crippen LogP contribution in [0.1, 0.15) is 43.2 Å². The molecular formula is C26H30F3N3O. The van der Waals surface area contributed by atoms with Crippen LogP contribution in [0.25, 0.3) is 0 Å². The smallest absolute Gasteiger partial charge is 0.345 e. The number of carbonyl (C=O) groups excluding carboxylic acids is 1. The summed E-state index contributed by atoms with van der Waals surface area (Å²) < 4.78 is 41.3. The van der Waals surface area contributed by atoms with Crippen molar-refractivity contribution in [1.29, 1.82) is 0 Å². The second-order valence-corrected chi connectivity index (χ2v) is 8.74. The third kappa shape index (κ3) is 6.40. The molecule has 1 heterocycles. The Morgan fingerprint density at radius 2 is 1.76 bits per heavy atom. The molecule has 7 heteroatoms. The van der Waals surface area contributed by atoms with Gasteiger partial charge in [0.25, 0.3) is 0 Å². The van der Waals surface area contributed by atoms with Gasteiger partial charge in [0.15, 0.2) is 0 Å². The SMILES string of the molecule is Cc1cccc(Cn2cccc2CN(C(=O)Nc2cccc(C(F)(F)F)c2)C(C)C(C)C)c1. The van der Waals surface area contributed by atoms with Crippen LogP contribution in [0.2, 0.25) is 0 Å². The Morgan fingerprint density at radius 3 is 2.42 bits per heavy atom. The van der Waals surface area contributed by atoms with Gasteiger partial charge in [0.1, 0.15) is 0 Å². The van der Waals surface area contributed by atoms with Crippen molar-refractivity contribution >= 4 is 11.7 Å². The van der Waals surface area contributed by atoms with Crippen molar-refractivity contribution in [2.24, 2.45) is 5.92 Å². The number of alkyl halides is 3. The molecule has 0 spiro atoms. The molecule has 1 N–H and O–H groups in total. The molecular weight excluding hydrogens is 427 g/mol. The van der Waals surface area contributed by atoms with Gasteiger partial charge in [0.05, 0.1) is 12.1 Å². The Bertz CT molecular complexity index is 1090. The zero-order valence-electron chi connectivity index (χ0n) is 19.4. The van der Waals surface area contributed by atoms with E-state index in [0.717, 1.165) is 23.4 Å². The number of halogens is 3. The van der Waals surface area contributed by atoms with Crippen LogP contribution < -0.4 is 5.32 Å². The molecule has 0 aliphatic heterocycles. The fourth-order valence-corrected chi connectivity index (χ4v) is 3.66. The molecule has 0 aliphatic rings. The molecule has 0 radical (unpaired) electrons. The van der Waals surface area contributed by atoms with E-state index < -0.39 is 17.8 Å². The summed E-state index contributed by atoms with van der Waals surface area (Å²) >= 11 is 0. The summed E-state index contributed by atoms with van der Waals surface area (Å²) in [6, 6.07) is 16.3. The first kappa shape index (κ1) is 24.4. The van der Waals surface area contributed by atoms with Crippen molar-refractivity contribution in [1.82, 2.24) is 9.47 Å². The molecule has 2 aromatic carbocycles. The van der Waals surface area contributed by atoms with Gasteiger partial charge in [0, 0.05) is 30.2 Å². The molecule has 0 saturated heterocycles. The Hall–Kier alpha value is -3.22. The minimum absolute atomic E-state index is 0.117. The van der Waals surface area contributed by atoms with E-state index in [1.54, 1.807) is 4.90 Å². The Balaban J connectivity index is 1.82. The van der Waals surface area contributed by atoms with Gasteiger partial charge in [-0.2, -0.15) is 13.2 Å². The van der Waals surface area contributed by atoms with Crippen LogP contribution in [0.3, 0.4) is 0 Å². The summed E-state index contributed by atoms with van der Waals surface area (Å²) in [5.74, 6) is 0.164. The van der Waals surface area contributed by atoms with Crippen LogP contribution in [-0.2, 0) is 19.3 Å². The number of anilines is 1. The summed E-state index contributed by atoms with van der Waals surface area (Å²) in [4.78, 5) is 14.9. The van der Waals surface area contributed by atoms with Gasteiger partial charge in [-0.1, -0.05) is 49.7 Å². The van der Waals surface area contributed by atoms with E-state index in [0.29, 0.717) is 13.1 Å². The topological polar surface area (TPSA) is 37.3 Å². The van der Waals surface area contributed by atoms with Crippen molar-refractivity contribution in [3.8, 4) is 0 Å². The van der Waals surface area contributed by atoms with Crippen LogP contribution >= 0.6 is 0 Å². The van der Waals surface area contributed by atoms with Crippen LogP contribution in [0.15, 0.2) is 66.9 Å². The molecule has 0 saturated carbocycles. The second kappa shape index (κ2) is 10.1. The van der Waals surface area contributed by atoms with Gasteiger partial charge < -0.3 is 14.8 Å². The molecule has 0 fully saturated rings. The largest absolute Gasteiger partial charge is 0.416 e. The van der Waals surface area contributed by atoms with Crippen LogP contribution in [0.5, 0.6) is 0 Å². The number of nitrogens with one attached hydrogen (secondary N) is 1. The van der Waals surface area contributed by atoms with E-state index in [1.165, 1.54) is 17.7 Å². The molecule has 0 bridgehead atoms. The monoisotopic (exact) mass is 457 g/mol. The highest BCUT2D eigenvalue weighted by Gasteiger charge is 2.31. The van der Waals surface area contributed by atoms with E-state index in [-0.39, 0.29) is 17.6 Å². The predicted molar refractivity (Wildman–Crippen MR) is 125 cm³/mol. The highest BCUT2D eigenvalue weighted by atomic mass is 19.4. The minimum atomic E-state index is -4.47. The lowest BCUT2D eigenvalue weighted by Crippen LogP contribution is -2.43. The third-order valence-electron chi connectivity index (χ3n) is 5.85. The van der Waals surface area contributed by atoms with Crippen molar-refractivity contribution < 1.29 is 18.0 Å². The fraction of sp³-hybridized carbons (Fsp3) is 0.346. The molecule has 1 unspecified atom stereocenters. The molecule has 3 rings (SSSR count). The molecule has 0 aliphatic carbocycles. The quantitative estimate of drug-likeness (QED) is 0.410. The number of amides is 2. The lowest BCUT2D eigenvalue weighted by atomic mass is 10.0. The molecule has 176 valence electrons. The number of benzene rings is 2. The number of hydrogen-bond donors (Lipinski definition) is 1. The summed E-state index contributed by atoms with van der Waals surface area (Å²) in [5, 5.41) is 2.66. The molecule has 1 aromatic heterocycles. The van der Waals surface area contributed by atoms with Crippen LogP contribution in [0, 0.1) is 12.8 Å². The average Bonchev–Trinajstić information content (AvgIpc) is 3.17. The summed E-state index contributed by atoms with van der Waals surface area (Å²) in [7, 11) is 0. The van der Waals surface area contributed by atoms with Crippen molar-refractivity contribution in [2.45, 2.75) is 53.0 Å². The first-order valence-corrected chi connectivity index (χ1v) is 11.0. The lowest BCUT2D eigenvalue weighted by Gasteiger charge is -2.32. The summed E-state index contributed by atoms with van der Waals surface area (Å²) in [6.07, 6.45) is -2.50. The van der Waals surface area contributed by atoms with E-state index in [1.807, 2.05) is 58.2 Å². The second-order valence-electron chi connectivity index (χ2n) is 8.74. The highest BCUT2D eigenvalue weighted by Crippen LogP contribution is 2.31. The van der Waals surface area contributed by atoms with Crippen LogP contribution in [-0.4, -0.2) is 21.5 Å². The van der Waals surface area contributed by atoms with Gasteiger partial charge in [-0.15, -0.1) is 0 Å². The minimum Gasteiger partial charge on any atom is -0.345 e. The molecule has 4 nitrogen and oxygen atoms in total.